The highest BCUT2D eigenvalue weighted by molar-refractivity contribution is 6.02. The molecule has 0 amide bonds. The van der Waals surface area contributed by atoms with Gasteiger partial charge in [-0.25, -0.2) is 9.78 Å². The minimum absolute atomic E-state index is 0.162. The number of pyridine rings is 2. The van der Waals surface area contributed by atoms with E-state index in [1.54, 1.807) is 42.6 Å². The van der Waals surface area contributed by atoms with Crippen LogP contribution in [0.25, 0.3) is 10.9 Å². The molecule has 0 fully saturated rings. The molecule has 3 rings (SSSR count). The normalized spacial score (nSPS) is 10.4. The first-order valence-corrected chi connectivity index (χ1v) is 5.95. The maximum absolute atomic E-state index is 11.3. The average molecular weight is 266 g/mol. The molecule has 0 unspecified atom stereocenters. The van der Waals surface area contributed by atoms with Gasteiger partial charge in [0.2, 0.25) is 5.88 Å². The van der Waals surface area contributed by atoms with Gasteiger partial charge in [-0.15, -0.1) is 0 Å². The van der Waals surface area contributed by atoms with Crippen molar-refractivity contribution >= 4 is 16.9 Å². The van der Waals surface area contributed by atoms with Gasteiger partial charge in [0.25, 0.3) is 0 Å². The summed E-state index contributed by atoms with van der Waals surface area (Å²) in [7, 11) is 0. The van der Waals surface area contributed by atoms with Crippen LogP contribution in [0.2, 0.25) is 0 Å². The SMILES string of the molecule is O=C(O)c1cc(Oc2cccnc2)nc2ccccc12. The summed E-state index contributed by atoms with van der Waals surface area (Å²) in [6.45, 7) is 0. The lowest BCUT2D eigenvalue weighted by Crippen LogP contribution is -2.00. The second-order valence-electron chi connectivity index (χ2n) is 4.12. The number of aromatic carboxylic acids is 1. The van der Waals surface area contributed by atoms with E-state index in [4.69, 9.17) is 4.74 Å². The minimum atomic E-state index is -1.01. The average Bonchev–Trinajstić information content (AvgIpc) is 2.47. The number of carboxylic acids is 1. The van der Waals surface area contributed by atoms with Crippen molar-refractivity contribution in [3.8, 4) is 11.6 Å². The van der Waals surface area contributed by atoms with Crippen LogP contribution >= 0.6 is 0 Å². The fraction of sp³-hybridized carbons (Fsp3) is 0. The zero-order valence-electron chi connectivity index (χ0n) is 10.4. The maximum Gasteiger partial charge on any atom is 0.336 e. The molecule has 5 nitrogen and oxygen atoms in total. The van der Waals surface area contributed by atoms with Gasteiger partial charge in [-0.1, -0.05) is 18.2 Å². The van der Waals surface area contributed by atoms with Crippen LogP contribution in [0, 0.1) is 0 Å². The highest BCUT2D eigenvalue weighted by Crippen LogP contribution is 2.25. The summed E-state index contributed by atoms with van der Waals surface area (Å²) in [5, 5.41) is 9.86. The number of benzene rings is 1. The van der Waals surface area contributed by atoms with Crippen LogP contribution in [0.3, 0.4) is 0 Å². The van der Waals surface area contributed by atoms with E-state index in [2.05, 4.69) is 9.97 Å². The lowest BCUT2D eigenvalue weighted by molar-refractivity contribution is 0.0698. The van der Waals surface area contributed by atoms with Crippen LogP contribution in [0.4, 0.5) is 0 Å². The Kier molecular flexibility index (Phi) is 3.01. The number of hydrogen-bond acceptors (Lipinski definition) is 4. The van der Waals surface area contributed by atoms with Crippen molar-refractivity contribution in [2.45, 2.75) is 0 Å². The third-order valence-electron chi connectivity index (χ3n) is 2.78. The minimum Gasteiger partial charge on any atom is -0.478 e. The Balaban J connectivity index is 2.10. The summed E-state index contributed by atoms with van der Waals surface area (Å²) in [5.74, 6) is -0.277. The zero-order valence-corrected chi connectivity index (χ0v) is 10.4. The molecule has 0 atom stereocenters. The number of carbonyl (C=O) groups is 1. The third-order valence-corrected chi connectivity index (χ3v) is 2.78. The molecule has 0 saturated heterocycles. The lowest BCUT2D eigenvalue weighted by atomic mass is 10.1. The molecular formula is C15H10N2O3. The van der Waals surface area contributed by atoms with Crippen LogP contribution in [0.5, 0.6) is 11.6 Å². The molecule has 2 heterocycles. The van der Waals surface area contributed by atoms with E-state index >= 15 is 0 Å². The van der Waals surface area contributed by atoms with Gasteiger partial charge in [-0.2, -0.15) is 0 Å². The zero-order chi connectivity index (χ0) is 13.9. The van der Waals surface area contributed by atoms with Gasteiger partial charge in [-0.05, 0) is 18.2 Å². The number of nitrogens with zero attached hydrogens (tertiary/aromatic N) is 2. The molecule has 0 bridgehead atoms. The maximum atomic E-state index is 11.3. The van der Waals surface area contributed by atoms with E-state index in [1.165, 1.54) is 12.3 Å². The van der Waals surface area contributed by atoms with Crippen LogP contribution in [-0.2, 0) is 0 Å². The van der Waals surface area contributed by atoms with E-state index in [0.717, 1.165) is 0 Å². The Labute approximate surface area is 114 Å². The Morgan fingerprint density at radius 2 is 2.00 bits per heavy atom. The smallest absolute Gasteiger partial charge is 0.336 e. The van der Waals surface area contributed by atoms with Crippen molar-refractivity contribution in [1.29, 1.82) is 0 Å². The van der Waals surface area contributed by atoms with E-state index in [9.17, 15) is 9.90 Å². The van der Waals surface area contributed by atoms with Gasteiger partial charge < -0.3 is 9.84 Å². The highest BCUT2D eigenvalue weighted by Gasteiger charge is 2.12. The molecule has 0 aliphatic heterocycles. The number of fused-ring (bicyclic) bond motifs is 1. The number of aromatic nitrogens is 2. The Morgan fingerprint density at radius 1 is 1.15 bits per heavy atom. The molecule has 0 aliphatic rings. The molecule has 0 saturated carbocycles. The molecule has 0 aliphatic carbocycles. The van der Waals surface area contributed by atoms with Crippen LogP contribution in [-0.4, -0.2) is 21.0 Å². The molecule has 1 aromatic carbocycles. The molecule has 98 valence electrons. The van der Waals surface area contributed by atoms with Crippen molar-refractivity contribution in [2.75, 3.05) is 0 Å². The first-order valence-electron chi connectivity index (χ1n) is 5.95. The van der Waals surface area contributed by atoms with Gasteiger partial charge in [0, 0.05) is 17.6 Å². The summed E-state index contributed by atoms with van der Waals surface area (Å²) in [6, 6.07) is 11.9. The molecule has 5 heteroatoms. The quantitative estimate of drug-likeness (QED) is 0.788. The summed E-state index contributed by atoms with van der Waals surface area (Å²) >= 11 is 0. The first-order chi connectivity index (χ1) is 9.74. The Bertz CT molecular complexity index is 772. The molecule has 20 heavy (non-hydrogen) atoms. The first kappa shape index (κ1) is 12.1. The molecule has 0 spiro atoms. The molecule has 2 aromatic heterocycles. The number of ether oxygens (including phenoxy) is 1. The van der Waals surface area contributed by atoms with Gasteiger partial charge in [-0.3, -0.25) is 4.98 Å². The van der Waals surface area contributed by atoms with Crippen molar-refractivity contribution in [3.05, 3.63) is 60.4 Å². The molecular weight excluding hydrogens is 256 g/mol. The van der Waals surface area contributed by atoms with Crippen LogP contribution < -0.4 is 4.74 Å². The Hall–Kier alpha value is -2.95. The second kappa shape index (κ2) is 4.97. The predicted octanol–water partition coefficient (Wildman–Crippen LogP) is 3.12. The number of rotatable bonds is 3. The fourth-order valence-corrected chi connectivity index (χ4v) is 1.91. The molecule has 1 N–H and O–H groups in total. The number of hydrogen-bond donors (Lipinski definition) is 1. The third kappa shape index (κ3) is 2.29. The second-order valence-corrected chi connectivity index (χ2v) is 4.12. The van der Waals surface area contributed by atoms with Crippen molar-refractivity contribution in [2.24, 2.45) is 0 Å². The van der Waals surface area contributed by atoms with Gasteiger partial charge in [0.1, 0.15) is 5.75 Å². The van der Waals surface area contributed by atoms with Crippen LogP contribution in [0.15, 0.2) is 54.9 Å². The largest absolute Gasteiger partial charge is 0.478 e. The van der Waals surface area contributed by atoms with Crippen LogP contribution in [0.1, 0.15) is 10.4 Å². The summed E-state index contributed by atoms with van der Waals surface area (Å²) in [5.41, 5.74) is 0.737. The summed E-state index contributed by atoms with van der Waals surface area (Å²) in [4.78, 5) is 19.6. The van der Waals surface area contributed by atoms with Crippen molar-refractivity contribution < 1.29 is 14.6 Å². The topological polar surface area (TPSA) is 72.3 Å². The number of para-hydroxylation sites is 1. The molecule has 3 aromatic rings. The summed E-state index contributed by atoms with van der Waals surface area (Å²) < 4.78 is 5.54. The standard InChI is InChI=1S/C15H10N2O3/c18-15(19)12-8-14(20-10-4-3-7-16-9-10)17-13-6-2-1-5-11(12)13/h1-9H,(H,18,19). The molecule has 0 radical (unpaired) electrons. The monoisotopic (exact) mass is 266 g/mol. The van der Waals surface area contributed by atoms with Crippen molar-refractivity contribution in [3.63, 3.8) is 0 Å². The van der Waals surface area contributed by atoms with Gasteiger partial charge in [0.15, 0.2) is 0 Å². The van der Waals surface area contributed by atoms with Gasteiger partial charge >= 0.3 is 5.97 Å². The van der Waals surface area contributed by atoms with E-state index in [0.29, 0.717) is 16.7 Å². The Morgan fingerprint density at radius 3 is 2.75 bits per heavy atom. The number of carboxylic acid groups (broad SMARTS) is 1. The van der Waals surface area contributed by atoms with E-state index in [1.807, 2.05) is 0 Å². The highest BCUT2D eigenvalue weighted by atomic mass is 16.5. The van der Waals surface area contributed by atoms with E-state index < -0.39 is 5.97 Å². The summed E-state index contributed by atoms with van der Waals surface area (Å²) in [6.07, 6.45) is 3.17. The van der Waals surface area contributed by atoms with E-state index in [-0.39, 0.29) is 11.4 Å². The predicted molar refractivity (Wildman–Crippen MR) is 73.0 cm³/mol. The fourth-order valence-electron chi connectivity index (χ4n) is 1.91. The lowest BCUT2D eigenvalue weighted by Gasteiger charge is -2.07. The van der Waals surface area contributed by atoms with Gasteiger partial charge in [0.05, 0.1) is 17.3 Å². The van der Waals surface area contributed by atoms with Crippen molar-refractivity contribution in [1.82, 2.24) is 9.97 Å².